The average molecular weight is 461 g/mol. The number of carbonyl (C=O) groups is 1. The Balaban J connectivity index is 1.91. The van der Waals surface area contributed by atoms with Gasteiger partial charge in [-0.3, -0.25) is 4.79 Å². The second-order valence-electron chi connectivity index (χ2n) is 7.60. The lowest BCUT2D eigenvalue weighted by Gasteiger charge is -2.34. The van der Waals surface area contributed by atoms with Crippen LogP contribution in [0.15, 0.2) is 48.5 Å². The number of fused-ring (bicyclic) bond motifs is 2. The number of hydrogen-bond donors (Lipinski definition) is 1. The molecule has 1 unspecified atom stereocenters. The van der Waals surface area contributed by atoms with Crippen molar-refractivity contribution in [1.29, 1.82) is 0 Å². The minimum atomic E-state index is -1.67. The van der Waals surface area contributed by atoms with Crippen LogP contribution in [-0.2, 0) is 14.3 Å². The molecule has 8 nitrogen and oxygen atoms in total. The van der Waals surface area contributed by atoms with Crippen LogP contribution in [0.5, 0.6) is 23.0 Å². The molecule has 3 rings (SSSR count). The Hall–Kier alpha value is -2.97. The minimum Gasteiger partial charge on any atom is -0.487 e. The van der Waals surface area contributed by atoms with Gasteiger partial charge in [-0.25, -0.2) is 0 Å². The number of aliphatic hydroxyl groups is 1. The van der Waals surface area contributed by atoms with Gasteiger partial charge in [-0.1, -0.05) is 31.2 Å². The zero-order valence-electron chi connectivity index (χ0n) is 19.2. The van der Waals surface area contributed by atoms with E-state index in [9.17, 15) is 9.90 Å². The predicted molar refractivity (Wildman–Crippen MR) is 121 cm³/mol. The van der Waals surface area contributed by atoms with Gasteiger partial charge in [0.2, 0.25) is 0 Å². The lowest BCUT2D eigenvalue weighted by Crippen LogP contribution is -2.52. The predicted octanol–water partition coefficient (Wildman–Crippen LogP) is 3.25. The van der Waals surface area contributed by atoms with Crippen molar-refractivity contribution in [1.82, 2.24) is 0 Å². The fourth-order valence-corrected chi connectivity index (χ4v) is 3.56. The highest BCUT2D eigenvalue weighted by atomic mass is 16.6. The number of carbonyl (C=O) groups excluding carboxylic acids is 1. The fourth-order valence-electron chi connectivity index (χ4n) is 3.56. The quantitative estimate of drug-likeness (QED) is 0.695. The van der Waals surface area contributed by atoms with Gasteiger partial charge in [-0.05, 0) is 37.6 Å². The molecule has 0 aromatic heterocycles. The summed E-state index contributed by atoms with van der Waals surface area (Å²) in [6.45, 7) is 4.74. The van der Waals surface area contributed by atoms with Gasteiger partial charge in [0.25, 0.3) is 0 Å². The summed E-state index contributed by atoms with van der Waals surface area (Å²) in [4.78, 5) is 12.7. The molecule has 0 saturated carbocycles. The van der Waals surface area contributed by atoms with Crippen LogP contribution < -0.4 is 18.9 Å². The molecule has 1 aliphatic heterocycles. The standard InChI is InChI=1S/C25H32O8/c1-3-19(24(26)29-4-2)25(27)17-32-22-11-7-5-9-20(22)30-15-13-28-14-16-31-21-10-6-8-12-23(21)33-18-25/h5-12,19,27H,3-4,13-18H2,1-2H3. The van der Waals surface area contributed by atoms with Crippen LogP contribution in [0.1, 0.15) is 20.3 Å². The van der Waals surface area contributed by atoms with E-state index in [1.165, 1.54) is 0 Å². The van der Waals surface area contributed by atoms with Crippen LogP contribution in [-0.4, -0.2) is 62.9 Å². The van der Waals surface area contributed by atoms with Crippen LogP contribution >= 0.6 is 0 Å². The van der Waals surface area contributed by atoms with E-state index in [1.807, 2.05) is 31.2 Å². The highest BCUT2D eigenvalue weighted by Crippen LogP contribution is 2.32. The van der Waals surface area contributed by atoms with E-state index in [2.05, 4.69) is 0 Å². The van der Waals surface area contributed by atoms with Crippen LogP contribution in [0.4, 0.5) is 0 Å². The van der Waals surface area contributed by atoms with E-state index >= 15 is 0 Å². The van der Waals surface area contributed by atoms with Crippen molar-refractivity contribution in [3.8, 4) is 23.0 Å². The summed E-state index contributed by atoms with van der Waals surface area (Å²) in [5.74, 6) is 0.571. The van der Waals surface area contributed by atoms with Gasteiger partial charge in [-0.2, -0.15) is 0 Å². The van der Waals surface area contributed by atoms with Crippen molar-refractivity contribution in [2.24, 2.45) is 5.92 Å². The van der Waals surface area contributed by atoms with E-state index in [-0.39, 0.29) is 19.8 Å². The summed E-state index contributed by atoms with van der Waals surface area (Å²) in [6.07, 6.45) is 0.343. The first-order valence-electron chi connectivity index (χ1n) is 11.2. The molecule has 2 aromatic rings. The van der Waals surface area contributed by atoms with Crippen molar-refractivity contribution < 1.29 is 38.3 Å². The first-order chi connectivity index (χ1) is 16.1. The maximum absolute atomic E-state index is 12.7. The molecule has 1 heterocycles. The van der Waals surface area contributed by atoms with Gasteiger partial charge < -0.3 is 33.5 Å². The molecular formula is C25H32O8. The molecule has 0 aliphatic carbocycles. The van der Waals surface area contributed by atoms with Crippen LogP contribution in [0.2, 0.25) is 0 Å². The third kappa shape index (κ3) is 6.76. The third-order valence-electron chi connectivity index (χ3n) is 5.25. The number of hydrogen-bond acceptors (Lipinski definition) is 8. The number of esters is 1. The maximum Gasteiger partial charge on any atom is 0.312 e. The smallest absolute Gasteiger partial charge is 0.312 e. The molecule has 1 aliphatic rings. The Morgan fingerprint density at radius 1 is 0.848 bits per heavy atom. The Morgan fingerprint density at radius 3 is 1.73 bits per heavy atom. The van der Waals surface area contributed by atoms with E-state index in [1.54, 1.807) is 31.2 Å². The molecule has 0 radical (unpaired) electrons. The summed E-state index contributed by atoms with van der Waals surface area (Å²) < 4.78 is 34.3. The Labute approximate surface area is 194 Å². The van der Waals surface area contributed by atoms with Gasteiger partial charge in [0.15, 0.2) is 23.0 Å². The average Bonchev–Trinajstić information content (AvgIpc) is 2.82. The summed E-state index contributed by atoms with van der Waals surface area (Å²) in [5, 5.41) is 11.6. The maximum atomic E-state index is 12.7. The number of rotatable bonds is 4. The van der Waals surface area contributed by atoms with E-state index < -0.39 is 17.5 Å². The molecule has 2 aromatic carbocycles. The molecule has 8 heteroatoms. The minimum absolute atomic E-state index is 0.204. The van der Waals surface area contributed by atoms with E-state index in [0.717, 1.165) is 0 Å². The Morgan fingerprint density at radius 2 is 1.30 bits per heavy atom. The number of para-hydroxylation sites is 4. The molecule has 0 amide bonds. The number of ether oxygens (including phenoxy) is 6. The summed E-state index contributed by atoms with van der Waals surface area (Å²) >= 11 is 0. The van der Waals surface area contributed by atoms with Crippen molar-refractivity contribution in [2.45, 2.75) is 25.9 Å². The van der Waals surface area contributed by atoms with Gasteiger partial charge in [0, 0.05) is 0 Å². The van der Waals surface area contributed by atoms with Crippen molar-refractivity contribution >= 4 is 5.97 Å². The Bertz CT molecular complexity index is 829. The van der Waals surface area contributed by atoms with Crippen molar-refractivity contribution in [3.63, 3.8) is 0 Å². The fraction of sp³-hybridized carbons (Fsp3) is 0.480. The second kappa shape index (κ2) is 12.3. The summed E-state index contributed by atoms with van der Waals surface area (Å²) in [7, 11) is 0. The Kier molecular flexibility index (Phi) is 9.21. The molecule has 1 N–H and O–H groups in total. The highest BCUT2D eigenvalue weighted by Gasteiger charge is 2.43. The second-order valence-corrected chi connectivity index (χ2v) is 7.60. The topological polar surface area (TPSA) is 92.7 Å². The van der Waals surface area contributed by atoms with Crippen LogP contribution in [0, 0.1) is 5.92 Å². The normalized spacial score (nSPS) is 17.5. The summed E-state index contributed by atoms with van der Waals surface area (Å²) in [5.41, 5.74) is -1.67. The van der Waals surface area contributed by atoms with Crippen LogP contribution in [0.3, 0.4) is 0 Å². The third-order valence-corrected chi connectivity index (χ3v) is 5.25. The lowest BCUT2D eigenvalue weighted by atomic mass is 9.86. The first-order valence-corrected chi connectivity index (χ1v) is 11.2. The first kappa shape index (κ1) is 24.7. The summed E-state index contributed by atoms with van der Waals surface area (Å²) in [6, 6.07) is 14.3. The van der Waals surface area contributed by atoms with Gasteiger partial charge in [0.05, 0.1) is 25.7 Å². The van der Waals surface area contributed by atoms with Gasteiger partial charge in [-0.15, -0.1) is 0 Å². The molecule has 0 fully saturated rings. The molecule has 0 bridgehead atoms. The van der Waals surface area contributed by atoms with Crippen molar-refractivity contribution in [3.05, 3.63) is 48.5 Å². The van der Waals surface area contributed by atoms with Crippen molar-refractivity contribution in [2.75, 3.05) is 46.2 Å². The van der Waals surface area contributed by atoms with Gasteiger partial charge >= 0.3 is 5.97 Å². The SMILES string of the molecule is CCOC(=O)C(CC)C1(O)COc2ccccc2OCCOCCOc2ccccc2OC1. The monoisotopic (exact) mass is 460 g/mol. The molecule has 180 valence electrons. The number of benzene rings is 2. The lowest BCUT2D eigenvalue weighted by molar-refractivity contribution is -0.164. The van der Waals surface area contributed by atoms with E-state index in [4.69, 9.17) is 28.4 Å². The molecule has 1 atom stereocenters. The zero-order valence-corrected chi connectivity index (χ0v) is 19.2. The largest absolute Gasteiger partial charge is 0.487 e. The van der Waals surface area contributed by atoms with Crippen LogP contribution in [0.25, 0.3) is 0 Å². The molecule has 33 heavy (non-hydrogen) atoms. The van der Waals surface area contributed by atoms with Gasteiger partial charge in [0.1, 0.15) is 32.0 Å². The molecular weight excluding hydrogens is 428 g/mol. The molecule has 0 saturated heterocycles. The zero-order chi connectivity index (χ0) is 23.5. The molecule has 0 spiro atoms. The van der Waals surface area contributed by atoms with E-state index in [0.29, 0.717) is 55.8 Å². The highest BCUT2D eigenvalue weighted by molar-refractivity contribution is 5.74.